The number of nitrogens with one attached hydrogen (secondary N) is 1. The summed E-state index contributed by atoms with van der Waals surface area (Å²) in [6.45, 7) is 1.94. The van der Waals surface area contributed by atoms with E-state index in [9.17, 15) is 12.8 Å². The minimum absolute atomic E-state index is 0.0634. The van der Waals surface area contributed by atoms with E-state index in [1.165, 1.54) is 30.3 Å². The Bertz CT molecular complexity index is 779. The molecule has 0 fully saturated rings. The van der Waals surface area contributed by atoms with Crippen molar-refractivity contribution in [1.29, 1.82) is 0 Å². The molecule has 0 saturated carbocycles. The van der Waals surface area contributed by atoms with Crippen LogP contribution in [0.5, 0.6) is 0 Å². The van der Waals surface area contributed by atoms with E-state index in [0.717, 1.165) is 12.0 Å². The van der Waals surface area contributed by atoms with Gasteiger partial charge in [0, 0.05) is 10.2 Å². The Kier molecular flexibility index (Phi) is 4.53. The Morgan fingerprint density at radius 3 is 2.52 bits per heavy atom. The van der Waals surface area contributed by atoms with Crippen LogP contribution in [0.1, 0.15) is 12.5 Å². The Hall–Kier alpha value is -1.60. The molecule has 7 heteroatoms. The maximum atomic E-state index is 13.0. The molecule has 21 heavy (non-hydrogen) atoms. The van der Waals surface area contributed by atoms with Crippen LogP contribution in [0.15, 0.2) is 45.8 Å². The fourth-order valence-electron chi connectivity index (χ4n) is 1.84. The van der Waals surface area contributed by atoms with Crippen molar-refractivity contribution >= 4 is 37.3 Å². The number of benzene rings is 2. The van der Waals surface area contributed by atoms with Crippen molar-refractivity contribution in [2.24, 2.45) is 0 Å². The molecular weight excluding hydrogens is 359 g/mol. The zero-order valence-corrected chi connectivity index (χ0v) is 13.6. The van der Waals surface area contributed by atoms with Gasteiger partial charge in [0.05, 0.1) is 10.6 Å². The van der Waals surface area contributed by atoms with Gasteiger partial charge < -0.3 is 5.73 Å². The van der Waals surface area contributed by atoms with Crippen LogP contribution in [0.25, 0.3) is 0 Å². The third-order valence-electron chi connectivity index (χ3n) is 2.98. The lowest BCUT2D eigenvalue weighted by molar-refractivity contribution is 0.601. The predicted molar refractivity (Wildman–Crippen MR) is 85.1 cm³/mol. The second-order valence-corrected chi connectivity index (χ2v) is 6.98. The highest BCUT2D eigenvalue weighted by molar-refractivity contribution is 9.10. The fourth-order valence-corrected chi connectivity index (χ4v) is 3.53. The van der Waals surface area contributed by atoms with Crippen molar-refractivity contribution in [1.82, 2.24) is 0 Å². The van der Waals surface area contributed by atoms with Crippen molar-refractivity contribution < 1.29 is 12.8 Å². The number of nitrogen functional groups attached to an aromatic ring is 1. The summed E-state index contributed by atoms with van der Waals surface area (Å²) >= 11 is 3.12. The first-order chi connectivity index (χ1) is 9.83. The third kappa shape index (κ3) is 3.54. The molecule has 0 heterocycles. The third-order valence-corrected chi connectivity index (χ3v) is 5.00. The summed E-state index contributed by atoms with van der Waals surface area (Å²) in [5.74, 6) is -0.457. The van der Waals surface area contributed by atoms with Crippen LogP contribution in [0.2, 0.25) is 0 Å². The number of sulfonamides is 1. The number of aryl methyl sites for hydroxylation is 1. The Morgan fingerprint density at radius 2 is 1.95 bits per heavy atom. The van der Waals surface area contributed by atoms with Gasteiger partial charge in [0.15, 0.2) is 0 Å². The standard InChI is InChI=1S/C14H14BrFN2O2S/c1-2-9-3-5-11(8-13(9)17)21(19,20)18-14-6-4-10(16)7-12(14)15/h3-8,18H,2,17H2,1H3. The summed E-state index contributed by atoms with van der Waals surface area (Å²) in [4.78, 5) is 0.0634. The molecule has 0 aliphatic carbocycles. The molecule has 0 saturated heterocycles. The minimum atomic E-state index is -3.78. The molecule has 3 N–H and O–H groups in total. The van der Waals surface area contributed by atoms with Crippen LogP contribution >= 0.6 is 15.9 Å². The van der Waals surface area contributed by atoms with E-state index in [0.29, 0.717) is 10.2 Å². The topological polar surface area (TPSA) is 72.2 Å². The van der Waals surface area contributed by atoms with Gasteiger partial charge in [-0.25, -0.2) is 12.8 Å². The van der Waals surface area contributed by atoms with E-state index < -0.39 is 15.8 Å². The first kappa shape index (κ1) is 15.8. The lowest BCUT2D eigenvalue weighted by atomic mass is 10.1. The molecule has 0 bridgehead atoms. The van der Waals surface area contributed by atoms with Gasteiger partial charge in [-0.3, -0.25) is 4.72 Å². The van der Waals surface area contributed by atoms with Crippen LogP contribution < -0.4 is 10.5 Å². The molecule has 2 rings (SSSR count). The lowest BCUT2D eigenvalue weighted by Gasteiger charge is -2.11. The van der Waals surface area contributed by atoms with Gasteiger partial charge in [-0.2, -0.15) is 0 Å². The van der Waals surface area contributed by atoms with Crippen LogP contribution in [-0.2, 0) is 16.4 Å². The molecule has 2 aromatic carbocycles. The number of halogens is 2. The summed E-state index contributed by atoms with van der Waals surface area (Å²) in [6.07, 6.45) is 0.725. The summed E-state index contributed by atoms with van der Waals surface area (Å²) in [6, 6.07) is 8.31. The maximum Gasteiger partial charge on any atom is 0.262 e. The van der Waals surface area contributed by atoms with Gasteiger partial charge in [-0.05, 0) is 58.2 Å². The van der Waals surface area contributed by atoms with Gasteiger partial charge in [0.1, 0.15) is 5.82 Å². The molecule has 0 aromatic heterocycles. The molecule has 2 aromatic rings. The quantitative estimate of drug-likeness (QED) is 0.806. The molecule has 0 amide bonds. The summed E-state index contributed by atoms with van der Waals surface area (Å²) in [5, 5.41) is 0. The predicted octanol–water partition coefficient (Wildman–Crippen LogP) is 3.53. The van der Waals surface area contributed by atoms with Crippen LogP contribution in [0, 0.1) is 5.82 Å². The highest BCUT2D eigenvalue weighted by Crippen LogP contribution is 2.27. The molecule has 0 atom stereocenters. The molecule has 0 unspecified atom stereocenters. The molecule has 112 valence electrons. The molecule has 0 spiro atoms. The normalized spacial score (nSPS) is 11.4. The number of rotatable bonds is 4. The van der Waals surface area contributed by atoms with Crippen molar-refractivity contribution in [3.8, 4) is 0 Å². The molecule has 0 aliphatic heterocycles. The summed E-state index contributed by atoms with van der Waals surface area (Å²) in [7, 11) is -3.78. The van der Waals surface area contributed by atoms with Crippen molar-refractivity contribution in [3.63, 3.8) is 0 Å². The average Bonchev–Trinajstić information content (AvgIpc) is 2.42. The van der Waals surface area contributed by atoms with Crippen molar-refractivity contribution in [2.45, 2.75) is 18.2 Å². The smallest absolute Gasteiger partial charge is 0.262 e. The SMILES string of the molecule is CCc1ccc(S(=O)(=O)Nc2ccc(F)cc2Br)cc1N. The van der Waals surface area contributed by atoms with Gasteiger partial charge >= 0.3 is 0 Å². The number of nitrogens with two attached hydrogens (primary N) is 1. The number of hydrogen-bond acceptors (Lipinski definition) is 3. The first-order valence-corrected chi connectivity index (χ1v) is 8.47. The van der Waals surface area contributed by atoms with Crippen LogP contribution in [-0.4, -0.2) is 8.42 Å². The molecule has 0 aliphatic rings. The molecule has 4 nitrogen and oxygen atoms in total. The minimum Gasteiger partial charge on any atom is -0.398 e. The fraction of sp³-hybridized carbons (Fsp3) is 0.143. The van der Waals surface area contributed by atoms with Crippen LogP contribution in [0.4, 0.5) is 15.8 Å². The van der Waals surface area contributed by atoms with Crippen molar-refractivity contribution in [2.75, 3.05) is 10.5 Å². The lowest BCUT2D eigenvalue weighted by Crippen LogP contribution is -2.14. The van der Waals surface area contributed by atoms with Gasteiger partial charge in [-0.1, -0.05) is 13.0 Å². The molecular formula is C14H14BrFN2O2S. The van der Waals surface area contributed by atoms with E-state index >= 15 is 0 Å². The largest absolute Gasteiger partial charge is 0.398 e. The zero-order valence-electron chi connectivity index (χ0n) is 11.2. The first-order valence-electron chi connectivity index (χ1n) is 6.19. The Labute approximate surface area is 131 Å². The Balaban J connectivity index is 2.36. The van der Waals surface area contributed by atoms with E-state index in [4.69, 9.17) is 5.73 Å². The number of anilines is 2. The van der Waals surface area contributed by atoms with Crippen molar-refractivity contribution in [3.05, 3.63) is 52.3 Å². The maximum absolute atomic E-state index is 13.0. The van der Waals surface area contributed by atoms with E-state index in [-0.39, 0.29) is 10.6 Å². The van der Waals surface area contributed by atoms with Crippen LogP contribution in [0.3, 0.4) is 0 Å². The van der Waals surface area contributed by atoms with E-state index in [2.05, 4.69) is 20.7 Å². The Morgan fingerprint density at radius 1 is 1.24 bits per heavy atom. The molecule has 0 radical (unpaired) electrons. The summed E-state index contributed by atoms with van der Waals surface area (Å²) < 4.78 is 40.4. The summed E-state index contributed by atoms with van der Waals surface area (Å²) in [5.41, 5.74) is 7.39. The monoisotopic (exact) mass is 372 g/mol. The average molecular weight is 373 g/mol. The highest BCUT2D eigenvalue weighted by Gasteiger charge is 2.17. The van der Waals surface area contributed by atoms with E-state index in [1.807, 2.05) is 6.92 Å². The second-order valence-electron chi connectivity index (χ2n) is 4.44. The zero-order chi connectivity index (χ0) is 15.6. The number of hydrogen-bond donors (Lipinski definition) is 2. The van der Waals surface area contributed by atoms with Gasteiger partial charge in [0.2, 0.25) is 0 Å². The van der Waals surface area contributed by atoms with Gasteiger partial charge in [0.25, 0.3) is 10.0 Å². The highest BCUT2D eigenvalue weighted by atomic mass is 79.9. The van der Waals surface area contributed by atoms with E-state index in [1.54, 1.807) is 6.07 Å². The van der Waals surface area contributed by atoms with Gasteiger partial charge in [-0.15, -0.1) is 0 Å². The second kappa shape index (κ2) is 6.03.